The fourth-order valence-electron chi connectivity index (χ4n) is 0.760. The first kappa shape index (κ1) is 11.4. The average molecular weight is 195 g/mol. The van der Waals surface area contributed by atoms with Gasteiger partial charge in [-0.25, -0.2) is 8.42 Å². The first-order valence-electron chi connectivity index (χ1n) is 3.26. The Balaban J connectivity index is 4.54. The molecule has 0 heterocycles. The third-order valence-electron chi connectivity index (χ3n) is 1.14. The standard InChI is InChI=1S/C6H13NO4S/c1-6(2,5(8)11-3)7-12(4,9)10/h7H,1-4H3. The molecule has 0 aromatic heterocycles. The van der Waals surface area contributed by atoms with Crippen LogP contribution in [0.1, 0.15) is 13.8 Å². The van der Waals surface area contributed by atoms with Crippen LogP contribution >= 0.6 is 0 Å². The fraction of sp³-hybridized carbons (Fsp3) is 0.833. The molecule has 0 aliphatic heterocycles. The molecular formula is C6H13NO4S. The third-order valence-corrected chi connectivity index (χ3v) is 2.02. The lowest BCUT2D eigenvalue weighted by Gasteiger charge is -2.21. The number of hydrogen-bond acceptors (Lipinski definition) is 4. The van der Waals surface area contributed by atoms with Crippen molar-refractivity contribution in [2.24, 2.45) is 0 Å². The lowest BCUT2D eigenvalue weighted by atomic mass is 10.1. The summed E-state index contributed by atoms with van der Waals surface area (Å²) >= 11 is 0. The highest BCUT2D eigenvalue weighted by atomic mass is 32.2. The van der Waals surface area contributed by atoms with Crippen LogP contribution in [-0.4, -0.2) is 33.3 Å². The molecule has 0 aromatic rings. The minimum absolute atomic E-state index is 0.618. The molecule has 0 atom stereocenters. The highest BCUT2D eigenvalue weighted by molar-refractivity contribution is 7.88. The van der Waals surface area contributed by atoms with E-state index >= 15 is 0 Å². The Hall–Kier alpha value is -0.620. The quantitative estimate of drug-likeness (QED) is 0.615. The molecule has 0 radical (unpaired) electrons. The summed E-state index contributed by atoms with van der Waals surface area (Å²) in [5.41, 5.74) is -1.21. The number of ether oxygens (including phenoxy) is 1. The van der Waals surface area contributed by atoms with E-state index in [1.54, 1.807) is 0 Å². The van der Waals surface area contributed by atoms with E-state index in [1.165, 1.54) is 21.0 Å². The number of carbonyl (C=O) groups excluding carboxylic acids is 1. The van der Waals surface area contributed by atoms with Crippen molar-refractivity contribution in [2.75, 3.05) is 13.4 Å². The van der Waals surface area contributed by atoms with Crippen LogP contribution < -0.4 is 4.72 Å². The Kier molecular flexibility index (Phi) is 3.23. The molecule has 0 aliphatic rings. The van der Waals surface area contributed by atoms with Gasteiger partial charge in [0.25, 0.3) is 0 Å². The van der Waals surface area contributed by atoms with E-state index in [-0.39, 0.29) is 0 Å². The Labute approximate surface area is 72.1 Å². The highest BCUT2D eigenvalue weighted by Crippen LogP contribution is 2.05. The van der Waals surface area contributed by atoms with Gasteiger partial charge in [-0.15, -0.1) is 0 Å². The van der Waals surface area contributed by atoms with Crippen LogP contribution in [-0.2, 0) is 19.6 Å². The van der Waals surface area contributed by atoms with Crippen LogP contribution in [0.2, 0.25) is 0 Å². The van der Waals surface area contributed by atoms with Gasteiger partial charge in [0.15, 0.2) is 0 Å². The van der Waals surface area contributed by atoms with Crippen molar-refractivity contribution in [2.45, 2.75) is 19.4 Å². The maximum absolute atomic E-state index is 11.0. The van der Waals surface area contributed by atoms with E-state index in [0.29, 0.717) is 0 Å². The van der Waals surface area contributed by atoms with Gasteiger partial charge in [-0.3, -0.25) is 4.79 Å². The molecule has 1 N–H and O–H groups in total. The van der Waals surface area contributed by atoms with Crippen molar-refractivity contribution in [1.29, 1.82) is 0 Å². The molecule has 0 unspecified atom stereocenters. The normalized spacial score (nSPS) is 12.7. The molecule has 0 amide bonds. The lowest BCUT2D eigenvalue weighted by Crippen LogP contribution is -2.49. The summed E-state index contributed by atoms with van der Waals surface area (Å²) in [5, 5.41) is 0. The van der Waals surface area contributed by atoms with Gasteiger partial charge in [-0.05, 0) is 13.8 Å². The SMILES string of the molecule is COC(=O)C(C)(C)NS(C)(=O)=O. The van der Waals surface area contributed by atoms with Gasteiger partial charge in [0.1, 0.15) is 5.54 Å². The van der Waals surface area contributed by atoms with Crippen LogP contribution in [0.5, 0.6) is 0 Å². The van der Waals surface area contributed by atoms with Gasteiger partial charge in [-0.1, -0.05) is 0 Å². The molecule has 6 heteroatoms. The number of methoxy groups -OCH3 is 1. The van der Waals surface area contributed by atoms with E-state index in [4.69, 9.17) is 0 Å². The van der Waals surface area contributed by atoms with Crippen molar-refractivity contribution in [1.82, 2.24) is 4.72 Å². The van der Waals surface area contributed by atoms with Gasteiger partial charge in [-0.2, -0.15) is 4.72 Å². The molecule has 0 saturated heterocycles. The van der Waals surface area contributed by atoms with Gasteiger partial charge in [0.2, 0.25) is 10.0 Å². The molecule has 0 aromatic carbocycles. The number of hydrogen-bond donors (Lipinski definition) is 1. The van der Waals surface area contributed by atoms with Crippen molar-refractivity contribution in [3.63, 3.8) is 0 Å². The zero-order chi connectivity index (χ0) is 9.99. The van der Waals surface area contributed by atoms with Crippen molar-refractivity contribution in [3.8, 4) is 0 Å². The van der Waals surface area contributed by atoms with Crippen LogP contribution in [0.4, 0.5) is 0 Å². The van der Waals surface area contributed by atoms with Gasteiger partial charge in [0, 0.05) is 0 Å². The summed E-state index contributed by atoms with van der Waals surface area (Å²) < 4.78 is 28.0. The van der Waals surface area contributed by atoms with Crippen molar-refractivity contribution < 1.29 is 17.9 Å². The maximum Gasteiger partial charge on any atom is 0.326 e. The first-order valence-corrected chi connectivity index (χ1v) is 5.15. The Morgan fingerprint density at radius 1 is 1.42 bits per heavy atom. The third kappa shape index (κ3) is 3.68. The minimum Gasteiger partial charge on any atom is -0.468 e. The molecule has 72 valence electrons. The number of sulfonamides is 1. The molecule has 5 nitrogen and oxygen atoms in total. The van der Waals surface area contributed by atoms with E-state index in [2.05, 4.69) is 9.46 Å². The Morgan fingerprint density at radius 3 is 2.08 bits per heavy atom. The molecule has 0 saturated carbocycles. The van der Waals surface area contributed by atoms with E-state index in [0.717, 1.165) is 6.26 Å². The van der Waals surface area contributed by atoms with Gasteiger partial charge >= 0.3 is 5.97 Å². The summed E-state index contributed by atoms with van der Waals surface area (Å²) in [5.74, 6) is -0.618. The topological polar surface area (TPSA) is 72.5 Å². The summed E-state index contributed by atoms with van der Waals surface area (Å²) in [6.45, 7) is 2.86. The van der Waals surface area contributed by atoms with Gasteiger partial charge in [0.05, 0.1) is 13.4 Å². The second-order valence-corrected chi connectivity index (χ2v) is 4.74. The molecule has 0 spiro atoms. The van der Waals surface area contributed by atoms with Crippen molar-refractivity contribution in [3.05, 3.63) is 0 Å². The van der Waals surface area contributed by atoms with E-state index in [9.17, 15) is 13.2 Å². The summed E-state index contributed by atoms with van der Waals surface area (Å²) in [7, 11) is -2.19. The molecule has 12 heavy (non-hydrogen) atoms. The van der Waals surface area contributed by atoms with Crippen LogP contribution in [0.25, 0.3) is 0 Å². The summed E-state index contributed by atoms with van der Waals surface area (Å²) in [4.78, 5) is 11.0. The highest BCUT2D eigenvalue weighted by Gasteiger charge is 2.31. The predicted molar refractivity (Wildman–Crippen MR) is 44.1 cm³/mol. The second-order valence-electron chi connectivity index (χ2n) is 2.99. The average Bonchev–Trinajstić information content (AvgIpc) is 1.80. The largest absolute Gasteiger partial charge is 0.468 e. The summed E-state index contributed by atoms with van der Waals surface area (Å²) in [6.07, 6.45) is 0.984. The van der Waals surface area contributed by atoms with E-state index in [1.807, 2.05) is 0 Å². The fourth-order valence-corrected chi connectivity index (χ4v) is 1.77. The molecule has 0 rings (SSSR count). The lowest BCUT2D eigenvalue weighted by molar-refractivity contribution is -0.146. The zero-order valence-corrected chi connectivity index (χ0v) is 8.36. The van der Waals surface area contributed by atoms with Crippen LogP contribution in [0, 0.1) is 0 Å². The van der Waals surface area contributed by atoms with E-state index < -0.39 is 21.5 Å². The second kappa shape index (κ2) is 3.40. The maximum atomic E-state index is 11.0. The Bertz CT molecular complexity index is 267. The van der Waals surface area contributed by atoms with Crippen molar-refractivity contribution >= 4 is 16.0 Å². The van der Waals surface area contributed by atoms with Gasteiger partial charge < -0.3 is 4.74 Å². The number of carbonyl (C=O) groups is 1. The van der Waals surface area contributed by atoms with Crippen LogP contribution in [0.3, 0.4) is 0 Å². The number of esters is 1. The number of rotatable bonds is 3. The molecule has 0 aliphatic carbocycles. The Morgan fingerprint density at radius 2 is 1.83 bits per heavy atom. The minimum atomic E-state index is -3.39. The summed E-state index contributed by atoms with van der Waals surface area (Å²) in [6, 6.07) is 0. The molecule has 0 fully saturated rings. The predicted octanol–water partition coefficient (Wildman–Crippen LogP) is -0.513. The smallest absolute Gasteiger partial charge is 0.326 e. The molecule has 0 bridgehead atoms. The van der Waals surface area contributed by atoms with Crippen LogP contribution in [0.15, 0.2) is 0 Å². The zero-order valence-electron chi connectivity index (χ0n) is 7.54. The first-order chi connectivity index (χ1) is 5.19. The molecular weight excluding hydrogens is 182 g/mol. The number of nitrogens with one attached hydrogen (secondary N) is 1. The monoisotopic (exact) mass is 195 g/mol.